The fourth-order valence-corrected chi connectivity index (χ4v) is 3.04. The molecule has 5 N–H and O–H groups in total. The van der Waals surface area contributed by atoms with E-state index < -0.39 is 65.2 Å². The average molecular weight is 597 g/mol. The number of halogens is 3. The van der Waals surface area contributed by atoms with Crippen LogP contribution in [0.25, 0.3) is 0 Å². The van der Waals surface area contributed by atoms with Gasteiger partial charge in [0.05, 0.1) is 19.4 Å². The van der Waals surface area contributed by atoms with Gasteiger partial charge in [0, 0.05) is 22.1 Å². The molecule has 0 aliphatic carbocycles. The normalized spacial score (nSPS) is 14.2. The maximum atomic E-state index is 13.4. The lowest BCUT2D eigenvalue weighted by molar-refractivity contribution is -0.126. The van der Waals surface area contributed by atoms with Crippen LogP contribution in [0.3, 0.4) is 0 Å². The van der Waals surface area contributed by atoms with E-state index in [-0.39, 0.29) is 56.7 Å². The summed E-state index contributed by atoms with van der Waals surface area (Å²) in [6.45, 7) is 1.71. The van der Waals surface area contributed by atoms with Crippen LogP contribution in [0.5, 0.6) is 0 Å². The van der Waals surface area contributed by atoms with Gasteiger partial charge in [0.15, 0.2) is 11.6 Å². The van der Waals surface area contributed by atoms with Gasteiger partial charge in [-0.05, 0) is 37.1 Å². The number of amides is 1. The van der Waals surface area contributed by atoms with Gasteiger partial charge < -0.3 is 16.8 Å². The van der Waals surface area contributed by atoms with Gasteiger partial charge in [-0.1, -0.05) is 61.2 Å². The lowest BCUT2D eigenvalue weighted by Gasteiger charge is -2.17. The first kappa shape index (κ1) is 22.2. The van der Waals surface area contributed by atoms with Crippen LogP contribution in [0, 0.1) is 0 Å². The molecule has 1 unspecified atom stereocenters. The number of ketones is 2. The molecule has 9 heteroatoms. The smallest absolute Gasteiger partial charge is 0.237 e. The zero-order valence-electron chi connectivity index (χ0n) is 22.5. The first-order valence-electron chi connectivity index (χ1n) is 12.1. The van der Waals surface area contributed by atoms with E-state index >= 15 is 0 Å². The van der Waals surface area contributed by atoms with Crippen molar-refractivity contribution in [2.45, 2.75) is 38.1 Å². The fourth-order valence-electron chi connectivity index (χ4n) is 2.87. The number of nitrogens with two attached hydrogens (primary N) is 2. The maximum absolute atomic E-state index is 13.4. The minimum atomic E-state index is -0.871. The second-order valence-corrected chi connectivity index (χ2v) is 7.29. The van der Waals surface area contributed by atoms with Gasteiger partial charge in [-0.2, -0.15) is 0 Å². The van der Waals surface area contributed by atoms with Crippen LogP contribution in [0.4, 0.5) is 0 Å². The molecular formula is C23H30Br2ClN3O3. The quantitative estimate of drug-likeness (QED) is 0.268. The number of Topliss-reactive ketones (excluding diaryl/α,β-unsaturated/α-hetero) is 1. The van der Waals surface area contributed by atoms with Crippen molar-refractivity contribution in [1.29, 1.82) is 0 Å². The van der Waals surface area contributed by atoms with E-state index in [1.807, 2.05) is 0 Å². The molecule has 0 aromatic heterocycles. The van der Waals surface area contributed by atoms with Crippen LogP contribution in [-0.2, 0) is 9.59 Å². The molecule has 0 bridgehead atoms. The van der Waals surface area contributed by atoms with Crippen molar-refractivity contribution >= 4 is 63.0 Å². The van der Waals surface area contributed by atoms with E-state index in [4.69, 9.17) is 29.9 Å². The monoisotopic (exact) mass is 594 g/mol. The van der Waals surface area contributed by atoms with Gasteiger partial charge in [-0.25, -0.2) is 0 Å². The molecule has 2 aromatic carbocycles. The number of hydrogen-bond donors (Lipinski definition) is 3. The van der Waals surface area contributed by atoms with Crippen molar-refractivity contribution in [3.63, 3.8) is 0 Å². The average Bonchev–Trinajstić information content (AvgIpc) is 2.84. The molecule has 0 fully saturated rings. The first-order chi connectivity index (χ1) is 16.4. The van der Waals surface area contributed by atoms with E-state index in [1.165, 1.54) is 25.1 Å². The van der Waals surface area contributed by atoms with Gasteiger partial charge in [-0.15, -0.1) is 34.0 Å². The molecule has 0 aliphatic heterocycles. The topological polar surface area (TPSA) is 115 Å². The highest BCUT2D eigenvalue weighted by Gasteiger charge is 2.23. The van der Waals surface area contributed by atoms with E-state index in [2.05, 4.69) is 5.32 Å². The SMILES string of the molecule is Br.Br.[2H]c1c([2H])c([2H])c(C(=O)c2cc(Cl)ccc2C(C)C(=O)CNC(=O)[C@@H](N)CCCCN)c([2H])c1[2H]. The Labute approximate surface area is 222 Å². The Balaban J connectivity index is 0.00000648. The van der Waals surface area contributed by atoms with Gasteiger partial charge in [0.1, 0.15) is 0 Å². The molecule has 176 valence electrons. The number of unbranched alkanes of at least 4 members (excludes halogenated alkanes) is 1. The molecular weight excluding hydrogens is 562 g/mol. The molecule has 1 amide bonds. The Morgan fingerprint density at radius 2 is 1.78 bits per heavy atom. The molecule has 0 heterocycles. The third-order valence-corrected chi connectivity index (χ3v) is 4.91. The zero-order chi connectivity index (χ0) is 26.4. The molecule has 0 saturated carbocycles. The van der Waals surface area contributed by atoms with Crippen LogP contribution < -0.4 is 16.8 Å². The van der Waals surface area contributed by atoms with Crippen molar-refractivity contribution in [3.05, 3.63) is 70.1 Å². The summed E-state index contributed by atoms with van der Waals surface area (Å²) in [5.74, 6) is -2.62. The predicted octanol–water partition coefficient (Wildman–Crippen LogP) is 3.97. The second-order valence-electron chi connectivity index (χ2n) is 6.86. The Kier molecular flexibility index (Phi) is 10.6. The minimum Gasteiger partial charge on any atom is -0.348 e. The molecule has 2 rings (SSSR count). The number of hydrogen-bond acceptors (Lipinski definition) is 5. The third-order valence-electron chi connectivity index (χ3n) is 4.68. The van der Waals surface area contributed by atoms with Gasteiger partial charge >= 0.3 is 0 Å². The van der Waals surface area contributed by atoms with E-state index in [0.717, 1.165) is 6.42 Å². The Morgan fingerprint density at radius 1 is 1.12 bits per heavy atom. The standard InChI is InChI=1S/C23H28ClN3O3.2BrH/c1-15(21(28)14-27-23(30)20(26)9-5-6-12-25)18-11-10-17(24)13-19(18)22(29)16-7-3-2-4-8-16;;/h2-4,7-8,10-11,13,15,20H,5-6,9,12,14,25-26H2,1H3,(H,27,30);2*1H/t15?,20-;;/m0../s1/i2D,3D,4D,7D,8D;;. The summed E-state index contributed by atoms with van der Waals surface area (Å²) in [5.41, 5.74) is 10.9. The van der Waals surface area contributed by atoms with Crippen molar-refractivity contribution in [2.75, 3.05) is 13.1 Å². The lowest BCUT2D eigenvalue weighted by atomic mass is 9.88. The Morgan fingerprint density at radius 3 is 2.41 bits per heavy atom. The van der Waals surface area contributed by atoms with Gasteiger partial charge in [0.2, 0.25) is 5.91 Å². The summed E-state index contributed by atoms with van der Waals surface area (Å²) in [4.78, 5) is 38.4. The molecule has 6 nitrogen and oxygen atoms in total. The molecule has 2 atom stereocenters. The van der Waals surface area contributed by atoms with Crippen LogP contribution >= 0.6 is 45.6 Å². The lowest BCUT2D eigenvalue weighted by Crippen LogP contribution is -2.43. The Hall–Kier alpha value is -1.58. The second kappa shape index (κ2) is 15.3. The number of benzene rings is 2. The minimum absolute atomic E-state index is 0. The molecule has 0 aliphatic rings. The van der Waals surface area contributed by atoms with Gasteiger partial charge in [0.25, 0.3) is 0 Å². The van der Waals surface area contributed by atoms with E-state index in [1.54, 1.807) is 0 Å². The van der Waals surface area contributed by atoms with Crippen molar-refractivity contribution in [1.82, 2.24) is 5.32 Å². The largest absolute Gasteiger partial charge is 0.348 e. The number of rotatable bonds is 11. The van der Waals surface area contributed by atoms with Crippen molar-refractivity contribution in [2.24, 2.45) is 11.5 Å². The summed E-state index contributed by atoms with van der Waals surface area (Å²) < 4.78 is 39.5. The summed E-state index contributed by atoms with van der Waals surface area (Å²) in [5, 5.41) is 2.67. The maximum Gasteiger partial charge on any atom is 0.237 e. The molecule has 32 heavy (non-hydrogen) atoms. The highest BCUT2D eigenvalue weighted by atomic mass is 79.9. The van der Waals surface area contributed by atoms with Crippen molar-refractivity contribution in [3.8, 4) is 0 Å². The molecule has 0 spiro atoms. The van der Waals surface area contributed by atoms with Crippen LogP contribution in [0.2, 0.25) is 5.02 Å². The molecule has 0 saturated heterocycles. The number of carbonyl (C=O) groups excluding carboxylic acids is 3. The zero-order valence-corrected chi connectivity index (χ0v) is 21.7. The van der Waals surface area contributed by atoms with Crippen molar-refractivity contribution < 1.29 is 21.2 Å². The van der Waals surface area contributed by atoms with Crippen LogP contribution in [-0.4, -0.2) is 36.6 Å². The third kappa shape index (κ3) is 8.75. The Bertz CT molecular complexity index is 1130. The summed E-state index contributed by atoms with van der Waals surface area (Å²) >= 11 is 6.08. The van der Waals surface area contributed by atoms with Crippen LogP contribution in [0.1, 0.15) is 60.4 Å². The predicted molar refractivity (Wildman–Crippen MR) is 139 cm³/mol. The summed E-state index contributed by atoms with van der Waals surface area (Å²) in [6, 6.07) is 0.239. The molecule has 2 aromatic rings. The number of carbonyl (C=O) groups is 3. The molecule has 0 radical (unpaired) electrons. The highest BCUT2D eigenvalue weighted by Crippen LogP contribution is 2.26. The summed E-state index contributed by atoms with van der Waals surface area (Å²) in [7, 11) is 0. The van der Waals surface area contributed by atoms with Gasteiger partial charge in [-0.3, -0.25) is 14.4 Å². The number of nitrogens with one attached hydrogen (secondary N) is 1. The van der Waals surface area contributed by atoms with E-state index in [0.29, 0.717) is 19.4 Å². The summed E-state index contributed by atoms with van der Waals surface area (Å²) in [6.07, 6.45) is 1.85. The fraction of sp³-hybridized carbons (Fsp3) is 0.348. The van der Waals surface area contributed by atoms with E-state index in [9.17, 15) is 14.4 Å². The first-order valence-corrected chi connectivity index (χ1v) is 9.97. The highest BCUT2D eigenvalue weighted by molar-refractivity contribution is 8.93. The van der Waals surface area contributed by atoms with Crippen LogP contribution in [0.15, 0.2) is 48.4 Å².